The van der Waals surface area contributed by atoms with E-state index in [4.69, 9.17) is 5.11 Å². The third-order valence-corrected chi connectivity index (χ3v) is 3.14. The lowest BCUT2D eigenvalue weighted by Crippen LogP contribution is -2.53. The van der Waals surface area contributed by atoms with Crippen LogP contribution in [0.2, 0.25) is 0 Å². The molecule has 0 aliphatic carbocycles. The molecule has 1 amide bonds. The molecule has 7 heteroatoms. The lowest BCUT2D eigenvalue weighted by Gasteiger charge is -2.26. The maximum Gasteiger partial charge on any atom is 0.251 e. The summed E-state index contributed by atoms with van der Waals surface area (Å²) in [7, 11) is 0. The van der Waals surface area contributed by atoms with Crippen molar-refractivity contribution in [2.75, 3.05) is 6.61 Å². The minimum absolute atomic E-state index is 0.0979. The zero-order chi connectivity index (χ0) is 15.7. The first kappa shape index (κ1) is 19.3. The summed E-state index contributed by atoms with van der Waals surface area (Å²) < 4.78 is 0. The number of rotatable bonds is 10. The van der Waals surface area contributed by atoms with E-state index in [1.807, 2.05) is 13.8 Å². The van der Waals surface area contributed by atoms with E-state index in [-0.39, 0.29) is 6.04 Å². The van der Waals surface area contributed by atoms with Gasteiger partial charge in [-0.15, -0.1) is 0 Å². The fourth-order valence-corrected chi connectivity index (χ4v) is 1.95. The summed E-state index contributed by atoms with van der Waals surface area (Å²) in [6.07, 6.45) is -3.88. The van der Waals surface area contributed by atoms with Crippen molar-refractivity contribution >= 4 is 5.91 Å². The number of aliphatic hydroxyl groups excluding tert-OH is 5. The lowest BCUT2D eigenvalue weighted by molar-refractivity contribution is -0.149. The SMILES string of the molecule is CCCC(CCC)NC(=O)[C@H](O)[C@@H](O)[C@H](O)[C@H](O)CO. The van der Waals surface area contributed by atoms with Crippen molar-refractivity contribution in [2.45, 2.75) is 70.0 Å². The Balaban J connectivity index is 4.51. The molecule has 4 atom stereocenters. The predicted octanol–water partition coefficient (Wildman–Crippen LogP) is -1.49. The molecule has 0 spiro atoms. The fourth-order valence-electron chi connectivity index (χ4n) is 1.95. The van der Waals surface area contributed by atoms with Crippen LogP contribution in [0.1, 0.15) is 39.5 Å². The van der Waals surface area contributed by atoms with E-state index < -0.39 is 36.9 Å². The van der Waals surface area contributed by atoms with E-state index >= 15 is 0 Å². The predicted molar refractivity (Wildman–Crippen MR) is 72.9 cm³/mol. The number of carbonyl (C=O) groups excluding carboxylic acids is 1. The van der Waals surface area contributed by atoms with Gasteiger partial charge in [0.25, 0.3) is 5.91 Å². The summed E-state index contributed by atoms with van der Waals surface area (Å²) in [5, 5.41) is 49.2. The largest absolute Gasteiger partial charge is 0.394 e. The van der Waals surface area contributed by atoms with Gasteiger partial charge in [0.2, 0.25) is 0 Å². The molecular formula is C13H27NO6. The van der Waals surface area contributed by atoms with Gasteiger partial charge in [-0.2, -0.15) is 0 Å². The van der Waals surface area contributed by atoms with Crippen LogP contribution in [0, 0.1) is 0 Å². The smallest absolute Gasteiger partial charge is 0.251 e. The summed E-state index contributed by atoms with van der Waals surface area (Å²) in [5.74, 6) is -0.798. The van der Waals surface area contributed by atoms with Gasteiger partial charge in [0.15, 0.2) is 6.10 Å². The van der Waals surface area contributed by atoms with E-state index in [9.17, 15) is 25.2 Å². The van der Waals surface area contributed by atoms with Crippen LogP contribution in [0.4, 0.5) is 0 Å². The van der Waals surface area contributed by atoms with Crippen LogP contribution in [0.3, 0.4) is 0 Å². The Hall–Kier alpha value is -0.730. The molecule has 20 heavy (non-hydrogen) atoms. The van der Waals surface area contributed by atoms with E-state index in [1.165, 1.54) is 0 Å². The van der Waals surface area contributed by atoms with Crippen LogP contribution < -0.4 is 5.32 Å². The average molecular weight is 293 g/mol. The van der Waals surface area contributed by atoms with Gasteiger partial charge >= 0.3 is 0 Å². The molecule has 120 valence electrons. The van der Waals surface area contributed by atoms with Crippen LogP contribution in [-0.4, -0.2) is 68.5 Å². The van der Waals surface area contributed by atoms with Gasteiger partial charge < -0.3 is 30.8 Å². The van der Waals surface area contributed by atoms with Gasteiger partial charge in [-0.25, -0.2) is 0 Å². The Morgan fingerprint density at radius 1 is 1.00 bits per heavy atom. The average Bonchev–Trinajstić information content (AvgIpc) is 2.44. The Bertz CT molecular complexity index is 270. The van der Waals surface area contributed by atoms with Crippen molar-refractivity contribution < 1.29 is 30.3 Å². The Morgan fingerprint density at radius 3 is 1.90 bits per heavy atom. The van der Waals surface area contributed by atoms with Gasteiger partial charge in [-0.05, 0) is 12.8 Å². The monoisotopic (exact) mass is 293 g/mol. The number of aliphatic hydroxyl groups is 5. The third-order valence-electron chi connectivity index (χ3n) is 3.14. The molecule has 0 aliphatic rings. The number of hydrogen-bond acceptors (Lipinski definition) is 6. The molecule has 0 saturated heterocycles. The molecule has 0 aromatic carbocycles. The maximum atomic E-state index is 11.8. The second-order valence-corrected chi connectivity index (χ2v) is 4.96. The third kappa shape index (κ3) is 6.15. The van der Waals surface area contributed by atoms with Crippen molar-refractivity contribution in [1.82, 2.24) is 5.32 Å². The second kappa shape index (κ2) is 10.1. The molecule has 0 saturated carbocycles. The van der Waals surface area contributed by atoms with Crippen LogP contribution in [0.15, 0.2) is 0 Å². The van der Waals surface area contributed by atoms with Gasteiger partial charge in [-0.1, -0.05) is 26.7 Å². The van der Waals surface area contributed by atoms with Crippen LogP contribution in [0.5, 0.6) is 0 Å². The molecule has 0 unspecified atom stereocenters. The zero-order valence-corrected chi connectivity index (χ0v) is 12.1. The molecule has 0 bridgehead atoms. The van der Waals surface area contributed by atoms with Gasteiger partial charge in [0.1, 0.15) is 18.3 Å². The van der Waals surface area contributed by atoms with Crippen molar-refractivity contribution in [3.63, 3.8) is 0 Å². The summed E-state index contributed by atoms with van der Waals surface area (Å²) in [5.41, 5.74) is 0. The maximum absolute atomic E-state index is 11.8. The van der Waals surface area contributed by atoms with Gasteiger partial charge in [0, 0.05) is 6.04 Å². The minimum atomic E-state index is -1.86. The highest BCUT2D eigenvalue weighted by molar-refractivity contribution is 5.81. The molecule has 0 radical (unpaired) electrons. The minimum Gasteiger partial charge on any atom is -0.394 e. The van der Waals surface area contributed by atoms with Gasteiger partial charge in [-0.3, -0.25) is 4.79 Å². The first-order chi connectivity index (χ1) is 9.38. The van der Waals surface area contributed by atoms with Crippen LogP contribution >= 0.6 is 0 Å². The highest BCUT2D eigenvalue weighted by Crippen LogP contribution is 2.08. The van der Waals surface area contributed by atoms with E-state index in [0.717, 1.165) is 25.7 Å². The summed E-state index contributed by atoms with van der Waals surface area (Å²) >= 11 is 0. The first-order valence-electron chi connectivity index (χ1n) is 7.02. The normalized spacial score (nSPS) is 17.6. The van der Waals surface area contributed by atoms with E-state index in [2.05, 4.69) is 5.32 Å². The summed E-state index contributed by atoms with van der Waals surface area (Å²) in [6, 6.07) is -0.0979. The van der Waals surface area contributed by atoms with E-state index in [1.54, 1.807) is 0 Å². The van der Waals surface area contributed by atoms with Crippen molar-refractivity contribution in [2.24, 2.45) is 0 Å². The van der Waals surface area contributed by atoms with Crippen molar-refractivity contribution in [3.8, 4) is 0 Å². The summed E-state index contributed by atoms with van der Waals surface area (Å²) in [6.45, 7) is 3.17. The first-order valence-corrected chi connectivity index (χ1v) is 7.02. The molecule has 0 heterocycles. The zero-order valence-electron chi connectivity index (χ0n) is 12.1. The number of carbonyl (C=O) groups is 1. The quantitative estimate of drug-likeness (QED) is 0.291. The molecule has 7 nitrogen and oxygen atoms in total. The molecule has 0 aromatic rings. The highest BCUT2D eigenvalue weighted by Gasteiger charge is 2.34. The van der Waals surface area contributed by atoms with Crippen LogP contribution in [-0.2, 0) is 4.79 Å². The Morgan fingerprint density at radius 2 is 1.50 bits per heavy atom. The standard InChI is InChI=1S/C13H27NO6/c1-3-5-8(6-4-2)14-13(20)12(19)11(18)10(17)9(16)7-15/h8-12,15-19H,3-7H2,1-2H3,(H,14,20)/t9-,10-,11+,12-/m1/s1. The highest BCUT2D eigenvalue weighted by atomic mass is 16.4. The number of nitrogens with one attached hydrogen (secondary N) is 1. The fraction of sp³-hybridized carbons (Fsp3) is 0.923. The molecule has 0 rings (SSSR count). The molecule has 0 aliphatic heterocycles. The van der Waals surface area contributed by atoms with Crippen LogP contribution in [0.25, 0.3) is 0 Å². The molecular weight excluding hydrogens is 266 g/mol. The van der Waals surface area contributed by atoms with E-state index in [0.29, 0.717) is 0 Å². The molecule has 6 N–H and O–H groups in total. The number of amides is 1. The molecule has 0 fully saturated rings. The molecule has 0 aromatic heterocycles. The van der Waals surface area contributed by atoms with Crippen molar-refractivity contribution in [3.05, 3.63) is 0 Å². The lowest BCUT2D eigenvalue weighted by atomic mass is 10.0. The Labute approximate surface area is 119 Å². The second-order valence-electron chi connectivity index (χ2n) is 4.96. The topological polar surface area (TPSA) is 130 Å². The number of hydrogen-bond donors (Lipinski definition) is 6. The van der Waals surface area contributed by atoms with Gasteiger partial charge in [0.05, 0.1) is 6.61 Å². The van der Waals surface area contributed by atoms with Crippen molar-refractivity contribution in [1.29, 1.82) is 0 Å². The Kier molecular flexibility index (Phi) is 9.70. The summed E-state index contributed by atoms with van der Waals surface area (Å²) in [4.78, 5) is 11.8.